The lowest BCUT2D eigenvalue weighted by Crippen LogP contribution is -2.33. The fraction of sp³-hybridized carbons (Fsp3) is 0.778. The minimum Gasteiger partial charge on any atom is -0.390 e. The van der Waals surface area contributed by atoms with Crippen LogP contribution in [0.4, 0.5) is 0 Å². The number of rotatable bonds is 3. The maximum absolute atomic E-state index is 9.60. The van der Waals surface area contributed by atoms with Gasteiger partial charge in [-0.25, -0.2) is 0 Å². The Labute approximate surface area is 68.6 Å². The summed E-state index contributed by atoms with van der Waals surface area (Å²) in [6.07, 6.45) is 3.82. The lowest BCUT2D eigenvalue weighted by molar-refractivity contribution is -0.00900. The van der Waals surface area contributed by atoms with E-state index < -0.39 is 11.2 Å². The normalized spacial score (nSPS) is 18.7. The molecule has 0 saturated heterocycles. The molecule has 0 aliphatic heterocycles. The molecule has 0 aromatic carbocycles. The second-order valence-electron chi connectivity index (χ2n) is 3.85. The Morgan fingerprint density at radius 3 is 1.91 bits per heavy atom. The van der Waals surface area contributed by atoms with Gasteiger partial charge in [0.15, 0.2) is 0 Å². The van der Waals surface area contributed by atoms with Crippen LogP contribution in [0.15, 0.2) is 12.2 Å². The van der Waals surface area contributed by atoms with E-state index in [1.54, 1.807) is 32.9 Å². The van der Waals surface area contributed by atoms with Gasteiger partial charge in [0.25, 0.3) is 0 Å². The molecule has 0 radical (unpaired) electrons. The largest absolute Gasteiger partial charge is 0.390 e. The van der Waals surface area contributed by atoms with Crippen LogP contribution in [-0.4, -0.2) is 21.4 Å². The number of aliphatic hydroxyl groups is 2. The molecule has 1 atom stereocenters. The van der Waals surface area contributed by atoms with Gasteiger partial charge in [-0.1, -0.05) is 12.2 Å². The molecule has 2 heteroatoms. The lowest BCUT2D eigenvalue weighted by Gasteiger charge is -2.27. The topological polar surface area (TPSA) is 40.5 Å². The van der Waals surface area contributed by atoms with Gasteiger partial charge in [0.05, 0.1) is 11.2 Å². The highest BCUT2D eigenvalue weighted by molar-refractivity contribution is 4.99. The quantitative estimate of drug-likeness (QED) is 0.611. The van der Waals surface area contributed by atoms with E-state index in [1.807, 2.05) is 6.92 Å². The standard InChI is InChI=1S/C9H18O2/c1-5-6-9(4,11)7-8(2,3)10/h5-6,10-11H,7H2,1-4H3. The van der Waals surface area contributed by atoms with Gasteiger partial charge in [-0.3, -0.25) is 0 Å². The van der Waals surface area contributed by atoms with Gasteiger partial charge in [0.1, 0.15) is 0 Å². The minimum absolute atomic E-state index is 0.352. The lowest BCUT2D eigenvalue weighted by atomic mass is 9.91. The molecule has 0 spiro atoms. The first-order valence-electron chi connectivity index (χ1n) is 3.85. The van der Waals surface area contributed by atoms with Crippen LogP contribution in [0, 0.1) is 0 Å². The van der Waals surface area contributed by atoms with E-state index in [2.05, 4.69) is 0 Å². The molecular formula is C9H18O2. The average molecular weight is 158 g/mol. The van der Waals surface area contributed by atoms with Crippen molar-refractivity contribution in [3.63, 3.8) is 0 Å². The highest BCUT2D eigenvalue weighted by atomic mass is 16.3. The monoisotopic (exact) mass is 158 g/mol. The molecule has 0 rings (SSSR count). The van der Waals surface area contributed by atoms with E-state index in [0.717, 1.165) is 0 Å². The van der Waals surface area contributed by atoms with Crippen molar-refractivity contribution in [2.45, 2.75) is 45.3 Å². The summed E-state index contributed by atoms with van der Waals surface area (Å²) in [4.78, 5) is 0. The maximum atomic E-state index is 9.60. The fourth-order valence-electron chi connectivity index (χ4n) is 1.29. The van der Waals surface area contributed by atoms with Crippen LogP contribution in [0.2, 0.25) is 0 Å². The van der Waals surface area contributed by atoms with Crippen molar-refractivity contribution in [2.24, 2.45) is 0 Å². The van der Waals surface area contributed by atoms with E-state index in [-0.39, 0.29) is 0 Å². The van der Waals surface area contributed by atoms with E-state index in [0.29, 0.717) is 6.42 Å². The Hall–Kier alpha value is -0.340. The van der Waals surface area contributed by atoms with E-state index in [9.17, 15) is 10.2 Å². The van der Waals surface area contributed by atoms with Crippen LogP contribution in [0.3, 0.4) is 0 Å². The summed E-state index contributed by atoms with van der Waals surface area (Å²) in [5.41, 5.74) is -1.71. The zero-order valence-corrected chi connectivity index (χ0v) is 7.76. The molecule has 0 heterocycles. The van der Waals surface area contributed by atoms with Crippen LogP contribution < -0.4 is 0 Å². The second-order valence-corrected chi connectivity index (χ2v) is 3.85. The second kappa shape index (κ2) is 3.37. The van der Waals surface area contributed by atoms with Crippen molar-refractivity contribution in [1.82, 2.24) is 0 Å². The SMILES string of the molecule is CC=CC(C)(O)CC(C)(C)O. The van der Waals surface area contributed by atoms with Gasteiger partial charge in [0.2, 0.25) is 0 Å². The van der Waals surface area contributed by atoms with Gasteiger partial charge in [-0.05, 0) is 27.7 Å². The summed E-state index contributed by atoms with van der Waals surface area (Å²) in [6, 6.07) is 0. The Bertz CT molecular complexity index is 140. The Morgan fingerprint density at radius 1 is 1.18 bits per heavy atom. The predicted molar refractivity (Wildman–Crippen MR) is 46.4 cm³/mol. The maximum Gasteiger partial charge on any atom is 0.0826 e. The molecular weight excluding hydrogens is 140 g/mol. The van der Waals surface area contributed by atoms with E-state index >= 15 is 0 Å². The minimum atomic E-state index is -0.896. The Morgan fingerprint density at radius 2 is 1.64 bits per heavy atom. The molecule has 1 unspecified atom stereocenters. The van der Waals surface area contributed by atoms with Crippen LogP contribution in [0.25, 0.3) is 0 Å². The van der Waals surface area contributed by atoms with Crippen molar-refractivity contribution >= 4 is 0 Å². The van der Waals surface area contributed by atoms with Gasteiger partial charge >= 0.3 is 0 Å². The first-order chi connectivity index (χ1) is 4.77. The summed E-state index contributed by atoms with van der Waals surface area (Å²) >= 11 is 0. The first-order valence-corrected chi connectivity index (χ1v) is 3.85. The van der Waals surface area contributed by atoms with Gasteiger partial charge < -0.3 is 10.2 Å². The van der Waals surface area contributed by atoms with Crippen LogP contribution in [-0.2, 0) is 0 Å². The zero-order chi connectivity index (χ0) is 9.12. The van der Waals surface area contributed by atoms with Gasteiger partial charge in [-0.2, -0.15) is 0 Å². The smallest absolute Gasteiger partial charge is 0.0826 e. The average Bonchev–Trinajstić information content (AvgIpc) is 1.55. The molecule has 0 aliphatic carbocycles. The number of hydrogen-bond acceptors (Lipinski definition) is 2. The van der Waals surface area contributed by atoms with Crippen LogP contribution in [0.5, 0.6) is 0 Å². The number of allylic oxidation sites excluding steroid dienone is 1. The fourth-order valence-corrected chi connectivity index (χ4v) is 1.29. The predicted octanol–water partition coefficient (Wildman–Crippen LogP) is 1.47. The van der Waals surface area contributed by atoms with Gasteiger partial charge in [-0.15, -0.1) is 0 Å². The summed E-state index contributed by atoms with van der Waals surface area (Å²) in [5.74, 6) is 0. The van der Waals surface area contributed by atoms with E-state index in [1.165, 1.54) is 0 Å². The number of hydrogen-bond donors (Lipinski definition) is 2. The van der Waals surface area contributed by atoms with Crippen molar-refractivity contribution in [3.05, 3.63) is 12.2 Å². The molecule has 2 N–H and O–H groups in total. The van der Waals surface area contributed by atoms with Crippen molar-refractivity contribution in [3.8, 4) is 0 Å². The summed E-state index contributed by atoms with van der Waals surface area (Å²) in [5, 5.41) is 19.0. The molecule has 0 saturated carbocycles. The van der Waals surface area contributed by atoms with Crippen molar-refractivity contribution in [1.29, 1.82) is 0 Å². The van der Waals surface area contributed by atoms with Crippen LogP contribution >= 0.6 is 0 Å². The van der Waals surface area contributed by atoms with Gasteiger partial charge in [0, 0.05) is 6.42 Å². The van der Waals surface area contributed by atoms with Crippen molar-refractivity contribution < 1.29 is 10.2 Å². The molecule has 2 nitrogen and oxygen atoms in total. The highest BCUT2D eigenvalue weighted by Crippen LogP contribution is 2.20. The molecule has 0 aromatic heterocycles. The zero-order valence-electron chi connectivity index (χ0n) is 7.76. The molecule has 0 amide bonds. The molecule has 0 bridgehead atoms. The summed E-state index contributed by atoms with van der Waals surface area (Å²) in [6.45, 7) is 6.90. The molecule has 11 heavy (non-hydrogen) atoms. The van der Waals surface area contributed by atoms with Crippen LogP contribution in [0.1, 0.15) is 34.1 Å². The van der Waals surface area contributed by atoms with E-state index in [4.69, 9.17) is 0 Å². The third-order valence-electron chi connectivity index (χ3n) is 1.32. The molecule has 0 aromatic rings. The van der Waals surface area contributed by atoms with Crippen molar-refractivity contribution in [2.75, 3.05) is 0 Å². The first kappa shape index (κ1) is 10.7. The molecule has 0 aliphatic rings. The Kier molecular flexibility index (Phi) is 3.27. The molecule has 0 fully saturated rings. The molecule has 66 valence electrons. The summed E-state index contributed by atoms with van der Waals surface area (Å²) in [7, 11) is 0. The highest BCUT2D eigenvalue weighted by Gasteiger charge is 2.25. The third kappa shape index (κ3) is 6.07. The summed E-state index contributed by atoms with van der Waals surface area (Å²) < 4.78 is 0. The third-order valence-corrected chi connectivity index (χ3v) is 1.32. The Balaban J connectivity index is 4.13.